The number of carbonyl (C=O) groups is 1. The molecule has 2 rings (SSSR count). The van der Waals surface area contributed by atoms with Gasteiger partial charge in [0.2, 0.25) is 5.91 Å². The summed E-state index contributed by atoms with van der Waals surface area (Å²) in [5.41, 5.74) is 2.12. The molecule has 0 unspecified atom stereocenters. The van der Waals surface area contributed by atoms with Gasteiger partial charge >= 0.3 is 5.76 Å². The molecule has 102 valence electrons. The molecule has 0 radical (unpaired) electrons. The lowest BCUT2D eigenvalue weighted by Crippen LogP contribution is -2.22. The van der Waals surface area contributed by atoms with Crippen LogP contribution in [0.4, 0.5) is 0 Å². The maximum Gasteiger partial charge on any atom is 0.419 e. The summed E-state index contributed by atoms with van der Waals surface area (Å²) in [7, 11) is 1.64. The van der Waals surface area contributed by atoms with Crippen LogP contribution in [-0.2, 0) is 18.4 Å². The maximum absolute atomic E-state index is 11.4. The van der Waals surface area contributed by atoms with Crippen molar-refractivity contribution in [3.05, 3.63) is 34.3 Å². The average Bonchev–Trinajstić information content (AvgIpc) is 2.69. The van der Waals surface area contributed by atoms with E-state index in [1.165, 1.54) is 4.57 Å². The number of aliphatic hydroxyl groups is 1. The predicted molar refractivity (Wildman–Crippen MR) is 69.6 cm³/mol. The fraction of sp³-hybridized carbons (Fsp3) is 0.385. The molecule has 2 N–H and O–H groups in total. The van der Waals surface area contributed by atoms with Crippen molar-refractivity contribution in [2.75, 3.05) is 6.61 Å². The topological polar surface area (TPSA) is 84.5 Å². The summed E-state index contributed by atoms with van der Waals surface area (Å²) in [5, 5.41) is 11.4. The molecule has 1 amide bonds. The van der Waals surface area contributed by atoms with Crippen molar-refractivity contribution in [3.8, 4) is 0 Å². The second-order valence-corrected chi connectivity index (χ2v) is 4.33. The van der Waals surface area contributed by atoms with Crippen molar-refractivity contribution >= 4 is 17.0 Å². The molecule has 1 aromatic carbocycles. The smallest absolute Gasteiger partial charge is 0.408 e. The molecule has 0 aliphatic heterocycles. The van der Waals surface area contributed by atoms with Crippen molar-refractivity contribution in [1.29, 1.82) is 0 Å². The van der Waals surface area contributed by atoms with E-state index in [0.29, 0.717) is 30.5 Å². The van der Waals surface area contributed by atoms with Crippen LogP contribution in [0, 0.1) is 0 Å². The SMILES string of the molecule is Cn1c(=O)oc2ccc(CNC(=O)CCCO)cc21. The molecular formula is C13H16N2O4. The van der Waals surface area contributed by atoms with Crippen LogP contribution in [0.2, 0.25) is 0 Å². The highest BCUT2D eigenvalue weighted by atomic mass is 16.4. The van der Waals surface area contributed by atoms with Gasteiger partial charge in [0.25, 0.3) is 0 Å². The highest BCUT2D eigenvalue weighted by molar-refractivity contribution is 5.76. The van der Waals surface area contributed by atoms with E-state index in [1.807, 2.05) is 6.07 Å². The lowest BCUT2D eigenvalue weighted by Gasteiger charge is -2.05. The molecule has 0 fully saturated rings. The molecule has 6 heteroatoms. The van der Waals surface area contributed by atoms with Crippen LogP contribution >= 0.6 is 0 Å². The number of fused-ring (bicyclic) bond motifs is 1. The number of amides is 1. The maximum atomic E-state index is 11.4. The van der Waals surface area contributed by atoms with Gasteiger partial charge in [-0.25, -0.2) is 4.79 Å². The summed E-state index contributed by atoms with van der Waals surface area (Å²) in [6.45, 7) is 0.399. The molecule has 19 heavy (non-hydrogen) atoms. The number of nitrogens with zero attached hydrogens (tertiary/aromatic N) is 1. The Balaban J connectivity index is 2.07. The molecule has 6 nitrogen and oxygen atoms in total. The number of benzene rings is 1. The minimum atomic E-state index is -0.404. The number of aliphatic hydroxyl groups excluding tert-OH is 1. The highest BCUT2D eigenvalue weighted by Gasteiger charge is 2.07. The van der Waals surface area contributed by atoms with E-state index in [4.69, 9.17) is 9.52 Å². The minimum absolute atomic E-state index is 0.0104. The number of rotatable bonds is 5. The van der Waals surface area contributed by atoms with Crippen LogP contribution in [0.3, 0.4) is 0 Å². The monoisotopic (exact) mass is 264 g/mol. The van der Waals surface area contributed by atoms with E-state index in [9.17, 15) is 9.59 Å². The predicted octanol–water partition coefficient (Wildman–Crippen LogP) is 0.520. The molecule has 0 bridgehead atoms. The second kappa shape index (κ2) is 5.71. The first-order valence-electron chi connectivity index (χ1n) is 6.08. The van der Waals surface area contributed by atoms with E-state index < -0.39 is 5.76 Å². The Morgan fingerprint density at radius 1 is 1.47 bits per heavy atom. The van der Waals surface area contributed by atoms with E-state index >= 15 is 0 Å². The van der Waals surface area contributed by atoms with Crippen LogP contribution in [0.5, 0.6) is 0 Å². The van der Waals surface area contributed by atoms with Gasteiger partial charge in [-0.1, -0.05) is 6.07 Å². The third-order valence-electron chi connectivity index (χ3n) is 2.91. The van der Waals surface area contributed by atoms with Gasteiger partial charge in [0.05, 0.1) is 5.52 Å². The van der Waals surface area contributed by atoms with Crippen molar-refractivity contribution < 1.29 is 14.3 Å². The van der Waals surface area contributed by atoms with Gasteiger partial charge in [-0.15, -0.1) is 0 Å². The number of oxazole rings is 1. The number of aromatic nitrogens is 1. The quantitative estimate of drug-likeness (QED) is 0.824. The van der Waals surface area contributed by atoms with Gasteiger partial charge in [-0.05, 0) is 24.1 Å². The van der Waals surface area contributed by atoms with Crippen LogP contribution in [0.25, 0.3) is 11.1 Å². The standard InChI is InChI=1S/C13H16N2O4/c1-15-10-7-9(4-5-11(10)19-13(15)18)8-14-12(17)3-2-6-16/h4-5,7,16H,2-3,6,8H2,1H3,(H,14,17). The van der Waals surface area contributed by atoms with Gasteiger partial charge in [-0.3, -0.25) is 9.36 Å². The molecule has 0 saturated heterocycles. The fourth-order valence-corrected chi connectivity index (χ4v) is 1.81. The molecule has 1 heterocycles. The summed E-state index contributed by atoms with van der Waals surface area (Å²) in [4.78, 5) is 22.8. The summed E-state index contributed by atoms with van der Waals surface area (Å²) in [6, 6.07) is 5.33. The van der Waals surface area contributed by atoms with Crippen LogP contribution in [0.1, 0.15) is 18.4 Å². The number of aryl methyl sites for hydroxylation is 1. The molecule has 0 atom stereocenters. The molecule has 0 aliphatic carbocycles. The molecular weight excluding hydrogens is 248 g/mol. The fourth-order valence-electron chi connectivity index (χ4n) is 1.81. The van der Waals surface area contributed by atoms with Gasteiger partial charge in [0.15, 0.2) is 5.58 Å². The van der Waals surface area contributed by atoms with Crippen molar-refractivity contribution in [1.82, 2.24) is 9.88 Å². The Morgan fingerprint density at radius 2 is 2.26 bits per heavy atom. The molecule has 0 saturated carbocycles. The Labute approximate surface area is 109 Å². The highest BCUT2D eigenvalue weighted by Crippen LogP contribution is 2.14. The summed E-state index contributed by atoms with van der Waals surface area (Å²) < 4.78 is 6.45. The molecule has 2 aromatic rings. The molecule has 0 spiro atoms. The first-order chi connectivity index (χ1) is 9.11. The first kappa shape index (κ1) is 13.4. The summed E-state index contributed by atoms with van der Waals surface area (Å²) in [5.74, 6) is -0.505. The Hall–Kier alpha value is -2.08. The van der Waals surface area contributed by atoms with Crippen LogP contribution < -0.4 is 11.1 Å². The number of nitrogens with one attached hydrogen (secondary N) is 1. The normalized spacial score (nSPS) is 10.8. The minimum Gasteiger partial charge on any atom is -0.408 e. The Bertz CT molecular complexity index is 642. The van der Waals surface area contributed by atoms with E-state index in [2.05, 4.69) is 5.32 Å². The third kappa shape index (κ3) is 3.03. The zero-order valence-corrected chi connectivity index (χ0v) is 10.7. The van der Waals surface area contributed by atoms with E-state index in [0.717, 1.165) is 5.56 Å². The lowest BCUT2D eigenvalue weighted by molar-refractivity contribution is -0.121. The zero-order valence-electron chi connectivity index (χ0n) is 10.7. The largest absolute Gasteiger partial charge is 0.419 e. The lowest BCUT2D eigenvalue weighted by atomic mass is 10.2. The Kier molecular flexibility index (Phi) is 4.01. The molecule has 0 aliphatic rings. The van der Waals surface area contributed by atoms with Gasteiger partial charge in [-0.2, -0.15) is 0 Å². The summed E-state index contributed by atoms with van der Waals surface area (Å²) in [6.07, 6.45) is 0.768. The number of carbonyl (C=O) groups excluding carboxylic acids is 1. The average molecular weight is 264 g/mol. The third-order valence-corrected chi connectivity index (χ3v) is 2.91. The van der Waals surface area contributed by atoms with Crippen molar-refractivity contribution in [3.63, 3.8) is 0 Å². The molecule has 1 aromatic heterocycles. The van der Waals surface area contributed by atoms with E-state index in [1.54, 1.807) is 19.2 Å². The Morgan fingerprint density at radius 3 is 3.00 bits per heavy atom. The van der Waals surface area contributed by atoms with Crippen molar-refractivity contribution in [2.45, 2.75) is 19.4 Å². The van der Waals surface area contributed by atoms with Crippen LogP contribution in [0.15, 0.2) is 27.4 Å². The van der Waals surface area contributed by atoms with Crippen molar-refractivity contribution in [2.24, 2.45) is 7.05 Å². The first-order valence-corrected chi connectivity index (χ1v) is 6.08. The number of hydrogen-bond donors (Lipinski definition) is 2. The van der Waals surface area contributed by atoms with Crippen LogP contribution in [-0.4, -0.2) is 22.2 Å². The van der Waals surface area contributed by atoms with E-state index in [-0.39, 0.29) is 12.5 Å². The summed E-state index contributed by atoms with van der Waals surface area (Å²) >= 11 is 0. The van der Waals surface area contributed by atoms with Gasteiger partial charge < -0.3 is 14.8 Å². The second-order valence-electron chi connectivity index (χ2n) is 4.33. The van der Waals surface area contributed by atoms with Gasteiger partial charge in [0.1, 0.15) is 0 Å². The van der Waals surface area contributed by atoms with Gasteiger partial charge in [0, 0.05) is 26.6 Å². The number of hydrogen-bond acceptors (Lipinski definition) is 4. The zero-order chi connectivity index (χ0) is 13.8.